The van der Waals surface area contributed by atoms with E-state index in [1.807, 2.05) is 86.6 Å². The summed E-state index contributed by atoms with van der Waals surface area (Å²) < 4.78 is 12.0. The number of nitrogens with one attached hydrogen (secondary N) is 1. The van der Waals surface area contributed by atoms with E-state index >= 15 is 0 Å². The molecule has 2 aromatic carbocycles. The van der Waals surface area contributed by atoms with Crippen molar-refractivity contribution in [2.24, 2.45) is 0 Å². The number of furan rings is 1. The van der Waals surface area contributed by atoms with Crippen LogP contribution in [0.2, 0.25) is 5.02 Å². The number of thiocarbonyl (C=S) groups is 1. The number of ether oxygens (including phenoxy) is 1. The Morgan fingerprint density at radius 3 is 2.62 bits per heavy atom. The first kappa shape index (κ1) is 22.4. The predicted molar refractivity (Wildman–Crippen MR) is 139 cm³/mol. The van der Waals surface area contributed by atoms with E-state index in [-0.39, 0.29) is 12.1 Å². The number of aromatic nitrogens is 1. The van der Waals surface area contributed by atoms with Gasteiger partial charge in [-0.25, -0.2) is 0 Å². The van der Waals surface area contributed by atoms with E-state index in [2.05, 4.69) is 15.2 Å². The molecule has 0 bridgehead atoms. The van der Waals surface area contributed by atoms with Crippen molar-refractivity contribution in [3.05, 3.63) is 101 Å². The largest absolute Gasteiger partial charge is 0.494 e. The van der Waals surface area contributed by atoms with Gasteiger partial charge < -0.3 is 19.4 Å². The van der Waals surface area contributed by atoms with Crippen LogP contribution in [-0.2, 0) is 0 Å². The molecule has 7 heteroatoms. The molecule has 0 spiro atoms. The van der Waals surface area contributed by atoms with Gasteiger partial charge in [0, 0.05) is 22.5 Å². The summed E-state index contributed by atoms with van der Waals surface area (Å²) in [5.74, 6) is 2.35. The average molecular weight is 490 g/mol. The molecule has 0 radical (unpaired) electrons. The Morgan fingerprint density at radius 2 is 1.91 bits per heavy atom. The zero-order valence-corrected chi connectivity index (χ0v) is 20.4. The van der Waals surface area contributed by atoms with Gasteiger partial charge in [0.1, 0.15) is 23.3 Å². The Morgan fingerprint density at radius 1 is 1.09 bits per heavy atom. The maximum atomic E-state index is 6.41. The van der Waals surface area contributed by atoms with Gasteiger partial charge >= 0.3 is 0 Å². The first-order valence-electron chi connectivity index (χ1n) is 11.1. The van der Waals surface area contributed by atoms with E-state index in [1.54, 1.807) is 6.20 Å². The van der Waals surface area contributed by atoms with Gasteiger partial charge in [0.2, 0.25) is 0 Å². The normalized spacial score (nSPS) is 17.6. The highest BCUT2D eigenvalue weighted by Gasteiger charge is 2.42. The molecule has 1 saturated heterocycles. The third-order valence-corrected chi connectivity index (χ3v) is 6.62. The molecule has 0 amide bonds. The summed E-state index contributed by atoms with van der Waals surface area (Å²) in [6, 6.07) is 23.3. The van der Waals surface area contributed by atoms with Crippen molar-refractivity contribution < 1.29 is 9.15 Å². The third kappa shape index (κ3) is 4.27. The number of anilines is 1. The van der Waals surface area contributed by atoms with Gasteiger partial charge in [0.05, 0.1) is 18.3 Å². The van der Waals surface area contributed by atoms with Crippen LogP contribution < -0.4 is 15.0 Å². The van der Waals surface area contributed by atoms with Crippen LogP contribution in [0.3, 0.4) is 0 Å². The van der Waals surface area contributed by atoms with Crippen molar-refractivity contribution >= 4 is 34.6 Å². The molecule has 4 aromatic rings. The van der Waals surface area contributed by atoms with E-state index in [0.29, 0.717) is 16.7 Å². The fourth-order valence-electron chi connectivity index (χ4n) is 4.20. The first-order chi connectivity index (χ1) is 16.5. The van der Waals surface area contributed by atoms with Gasteiger partial charge in [-0.3, -0.25) is 4.98 Å². The monoisotopic (exact) mass is 489 g/mol. The lowest BCUT2D eigenvalue weighted by atomic mass is 10.0. The van der Waals surface area contributed by atoms with Gasteiger partial charge in [-0.1, -0.05) is 29.8 Å². The molecule has 1 fully saturated rings. The zero-order valence-electron chi connectivity index (χ0n) is 18.9. The van der Waals surface area contributed by atoms with E-state index in [1.165, 1.54) is 0 Å². The van der Waals surface area contributed by atoms with E-state index in [0.717, 1.165) is 39.8 Å². The lowest BCUT2D eigenvalue weighted by Crippen LogP contribution is -2.29. The second-order valence-corrected chi connectivity index (χ2v) is 8.88. The quantitative estimate of drug-likeness (QED) is 0.298. The molecular formula is C27H24ClN3O2S. The molecule has 3 heterocycles. The molecule has 2 unspecified atom stereocenters. The van der Waals surface area contributed by atoms with Crippen molar-refractivity contribution in [1.29, 1.82) is 0 Å². The number of pyridine rings is 1. The lowest BCUT2D eigenvalue weighted by Gasteiger charge is -2.26. The highest BCUT2D eigenvalue weighted by Crippen LogP contribution is 2.43. The number of benzene rings is 2. The van der Waals surface area contributed by atoms with Gasteiger partial charge in [0.25, 0.3) is 0 Å². The summed E-state index contributed by atoms with van der Waals surface area (Å²) in [5, 5.41) is 4.78. The van der Waals surface area contributed by atoms with Crippen LogP contribution in [0, 0.1) is 6.92 Å². The van der Waals surface area contributed by atoms with Crippen LogP contribution in [0.15, 0.2) is 83.4 Å². The third-order valence-electron chi connectivity index (χ3n) is 5.90. The van der Waals surface area contributed by atoms with Crippen molar-refractivity contribution in [1.82, 2.24) is 10.3 Å². The summed E-state index contributed by atoms with van der Waals surface area (Å²) in [7, 11) is 0. The van der Waals surface area contributed by atoms with Gasteiger partial charge in [-0.15, -0.1) is 0 Å². The average Bonchev–Trinajstić information content (AvgIpc) is 3.47. The van der Waals surface area contributed by atoms with Crippen LogP contribution in [-0.4, -0.2) is 16.7 Å². The highest BCUT2D eigenvalue weighted by molar-refractivity contribution is 7.80. The van der Waals surface area contributed by atoms with Crippen LogP contribution in [0.4, 0.5) is 5.69 Å². The second kappa shape index (κ2) is 9.49. The van der Waals surface area contributed by atoms with E-state index in [9.17, 15) is 0 Å². The number of aryl methyl sites for hydroxylation is 1. The number of hydrogen-bond acceptors (Lipinski definition) is 4. The molecule has 0 saturated carbocycles. The fourth-order valence-corrected chi connectivity index (χ4v) is 4.73. The van der Waals surface area contributed by atoms with Crippen LogP contribution in [0.25, 0.3) is 11.3 Å². The zero-order chi connectivity index (χ0) is 23.7. The molecule has 1 N–H and O–H groups in total. The number of halogens is 1. The van der Waals surface area contributed by atoms with Gasteiger partial charge in [-0.2, -0.15) is 0 Å². The van der Waals surface area contributed by atoms with Crippen LogP contribution in [0.1, 0.15) is 36.0 Å². The Balaban J connectivity index is 1.56. The number of hydrogen-bond donors (Lipinski definition) is 1. The second-order valence-electron chi connectivity index (χ2n) is 8.09. The molecule has 1 aliphatic rings. The first-order valence-corrected chi connectivity index (χ1v) is 11.9. The Bertz CT molecular complexity index is 1310. The van der Waals surface area contributed by atoms with Crippen molar-refractivity contribution in [3.63, 3.8) is 0 Å². The molecule has 2 atom stereocenters. The summed E-state index contributed by atoms with van der Waals surface area (Å²) in [5.41, 5.74) is 3.79. The molecule has 0 aliphatic carbocycles. The molecular weight excluding hydrogens is 466 g/mol. The van der Waals surface area contributed by atoms with E-state index in [4.69, 9.17) is 33.0 Å². The highest BCUT2D eigenvalue weighted by atomic mass is 35.5. The topological polar surface area (TPSA) is 50.5 Å². The number of nitrogens with zero attached hydrogens (tertiary/aromatic N) is 2. The number of rotatable bonds is 6. The van der Waals surface area contributed by atoms with Crippen LogP contribution >= 0.6 is 23.8 Å². The van der Waals surface area contributed by atoms with Crippen molar-refractivity contribution in [3.8, 4) is 17.1 Å². The minimum Gasteiger partial charge on any atom is -0.494 e. The summed E-state index contributed by atoms with van der Waals surface area (Å²) >= 11 is 12.2. The lowest BCUT2D eigenvalue weighted by molar-refractivity contribution is 0.340. The maximum Gasteiger partial charge on any atom is 0.174 e. The molecule has 5 nitrogen and oxygen atoms in total. The molecule has 172 valence electrons. The molecule has 5 rings (SSSR count). The Kier molecular flexibility index (Phi) is 6.26. The van der Waals surface area contributed by atoms with Crippen molar-refractivity contribution in [2.45, 2.75) is 25.9 Å². The SMILES string of the molecule is CCOc1ccc(N2C(=S)NC(c3ccccn3)C2c2ccc(-c3ccc(C)c(Cl)c3)o2)cc1. The fraction of sp³-hybridized carbons (Fsp3) is 0.185. The Labute approximate surface area is 209 Å². The van der Waals surface area contributed by atoms with Gasteiger partial charge in [0.15, 0.2) is 5.11 Å². The summed E-state index contributed by atoms with van der Waals surface area (Å²) in [6.07, 6.45) is 1.79. The molecule has 1 aliphatic heterocycles. The Hall–Kier alpha value is -3.35. The van der Waals surface area contributed by atoms with Gasteiger partial charge in [-0.05, 0) is 86.2 Å². The molecule has 34 heavy (non-hydrogen) atoms. The minimum atomic E-state index is -0.227. The van der Waals surface area contributed by atoms with Crippen molar-refractivity contribution in [2.75, 3.05) is 11.5 Å². The van der Waals surface area contributed by atoms with Crippen LogP contribution in [0.5, 0.6) is 5.75 Å². The molecule has 2 aromatic heterocycles. The minimum absolute atomic E-state index is 0.180. The summed E-state index contributed by atoms with van der Waals surface area (Å²) in [4.78, 5) is 6.67. The summed E-state index contributed by atoms with van der Waals surface area (Å²) in [6.45, 7) is 4.57. The van der Waals surface area contributed by atoms with E-state index < -0.39 is 0 Å². The predicted octanol–water partition coefficient (Wildman–Crippen LogP) is 6.88. The standard InChI is InChI=1S/C27H24ClN3O2S/c1-3-32-20-11-9-19(10-12-20)31-26(25(30-27(31)34)22-6-4-5-15-29-22)24-14-13-23(33-24)18-8-7-17(2)21(28)16-18/h4-16,25-26H,3H2,1-2H3,(H,30,34). The smallest absolute Gasteiger partial charge is 0.174 e. The maximum absolute atomic E-state index is 6.41.